The summed E-state index contributed by atoms with van der Waals surface area (Å²) in [5, 5.41) is 14.0. The minimum atomic E-state index is -1.16. The molecule has 174 valence electrons. The van der Waals surface area contributed by atoms with Crippen molar-refractivity contribution in [2.24, 2.45) is 0 Å². The lowest BCUT2D eigenvalue weighted by atomic mass is 9.98. The molecule has 9 heteroatoms. The van der Waals surface area contributed by atoms with E-state index in [1.54, 1.807) is 0 Å². The summed E-state index contributed by atoms with van der Waals surface area (Å²) in [6.07, 6.45) is -1.18. The Morgan fingerprint density at radius 3 is 2.09 bits per heavy atom. The second-order valence-electron chi connectivity index (χ2n) is 7.98. The number of likely N-dealkylation sites (N-methyl/N-ethyl adjacent to an activating group) is 1. The Labute approximate surface area is 191 Å². The summed E-state index contributed by atoms with van der Waals surface area (Å²) in [6.45, 7) is -0.439. The topological polar surface area (TPSA) is 125 Å². The van der Waals surface area contributed by atoms with Gasteiger partial charge in [-0.05, 0) is 22.3 Å². The van der Waals surface area contributed by atoms with Crippen LogP contribution in [0.2, 0.25) is 0 Å². The molecule has 0 aromatic heterocycles. The van der Waals surface area contributed by atoms with Gasteiger partial charge in [-0.2, -0.15) is 0 Å². The summed E-state index contributed by atoms with van der Waals surface area (Å²) in [5.41, 5.74) is 4.40. The zero-order valence-corrected chi connectivity index (χ0v) is 18.5. The molecule has 2 aromatic rings. The Kier molecular flexibility index (Phi) is 7.78. The molecule has 1 atom stereocenters. The summed E-state index contributed by atoms with van der Waals surface area (Å²) < 4.78 is 5.38. The SMILES string of the molecule is CN(C)C(=O)C(CC(=O)O)NCC(=O)CNC(=O)OCC1c2ccccc2-c2ccccc21. The van der Waals surface area contributed by atoms with E-state index in [1.165, 1.54) is 19.0 Å². The number of amides is 2. The summed E-state index contributed by atoms with van der Waals surface area (Å²) >= 11 is 0. The van der Waals surface area contributed by atoms with Crippen molar-refractivity contribution in [3.8, 4) is 11.1 Å². The monoisotopic (exact) mass is 453 g/mol. The van der Waals surface area contributed by atoms with Gasteiger partial charge in [0.15, 0.2) is 5.78 Å². The molecule has 0 radical (unpaired) electrons. The van der Waals surface area contributed by atoms with Gasteiger partial charge in [-0.1, -0.05) is 48.5 Å². The second-order valence-corrected chi connectivity index (χ2v) is 7.98. The molecular weight excluding hydrogens is 426 g/mol. The molecule has 3 rings (SSSR count). The number of aliphatic carboxylic acids is 1. The maximum atomic E-state index is 12.2. The fraction of sp³-hybridized carbons (Fsp3) is 0.333. The van der Waals surface area contributed by atoms with Crippen LogP contribution in [0.1, 0.15) is 23.5 Å². The van der Waals surface area contributed by atoms with E-state index in [0.29, 0.717) is 0 Å². The number of carboxylic acids is 1. The molecule has 1 unspecified atom stereocenters. The number of hydrogen-bond donors (Lipinski definition) is 3. The molecular formula is C24H27N3O6. The number of benzene rings is 2. The fourth-order valence-corrected chi connectivity index (χ4v) is 3.85. The zero-order valence-electron chi connectivity index (χ0n) is 18.5. The molecule has 1 aliphatic rings. The molecule has 0 saturated heterocycles. The van der Waals surface area contributed by atoms with Crippen LogP contribution in [-0.2, 0) is 19.1 Å². The largest absolute Gasteiger partial charge is 0.481 e. The Bertz CT molecular complexity index is 1010. The first-order valence-corrected chi connectivity index (χ1v) is 10.5. The number of rotatable bonds is 10. The van der Waals surface area contributed by atoms with Crippen LogP contribution in [0.15, 0.2) is 48.5 Å². The molecule has 0 aliphatic heterocycles. The summed E-state index contributed by atoms with van der Waals surface area (Å²) in [7, 11) is 3.00. The van der Waals surface area contributed by atoms with Crippen molar-refractivity contribution in [2.45, 2.75) is 18.4 Å². The van der Waals surface area contributed by atoms with Gasteiger partial charge >= 0.3 is 12.1 Å². The highest BCUT2D eigenvalue weighted by atomic mass is 16.5. The van der Waals surface area contributed by atoms with Crippen molar-refractivity contribution in [3.63, 3.8) is 0 Å². The highest BCUT2D eigenvalue weighted by molar-refractivity contribution is 5.88. The van der Waals surface area contributed by atoms with E-state index in [0.717, 1.165) is 22.3 Å². The summed E-state index contributed by atoms with van der Waals surface area (Å²) in [4.78, 5) is 48.5. The van der Waals surface area contributed by atoms with Crippen molar-refractivity contribution < 1.29 is 29.0 Å². The molecule has 9 nitrogen and oxygen atoms in total. The van der Waals surface area contributed by atoms with E-state index in [2.05, 4.69) is 10.6 Å². The van der Waals surface area contributed by atoms with Gasteiger partial charge in [-0.25, -0.2) is 4.79 Å². The van der Waals surface area contributed by atoms with Crippen molar-refractivity contribution in [3.05, 3.63) is 59.7 Å². The van der Waals surface area contributed by atoms with E-state index < -0.39 is 36.2 Å². The molecule has 0 spiro atoms. The number of carbonyl (C=O) groups excluding carboxylic acids is 3. The lowest BCUT2D eigenvalue weighted by Gasteiger charge is -2.20. The third-order valence-corrected chi connectivity index (χ3v) is 5.44. The average molecular weight is 453 g/mol. The molecule has 33 heavy (non-hydrogen) atoms. The molecule has 2 aromatic carbocycles. The Hall–Kier alpha value is -3.72. The molecule has 0 fully saturated rings. The third-order valence-electron chi connectivity index (χ3n) is 5.44. The van der Waals surface area contributed by atoms with Crippen LogP contribution in [0.3, 0.4) is 0 Å². The number of nitrogens with zero attached hydrogens (tertiary/aromatic N) is 1. The summed E-state index contributed by atoms with van der Waals surface area (Å²) in [6, 6.07) is 14.9. The van der Waals surface area contributed by atoms with Crippen molar-refractivity contribution in [1.82, 2.24) is 15.5 Å². The first-order chi connectivity index (χ1) is 15.8. The van der Waals surface area contributed by atoms with Crippen LogP contribution in [0.25, 0.3) is 11.1 Å². The predicted molar refractivity (Wildman–Crippen MR) is 121 cm³/mol. The minimum Gasteiger partial charge on any atom is -0.481 e. The number of ether oxygens (including phenoxy) is 1. The first kappa shape index (κ1) is 23.9. The Morgan fingerprint density at radius 2 is 1.55 bits per heavy atom. The van der Waals surface area contributed by atoms with Gasteiger partial charge in [0.25, 0.3) is 0 Å². The molecule has 0 bridgehead atoms. The number of ketones is 1. The van der Waals surface area contributed by atoms with Gasteiger partial charge in [0.2, 0.25) is 5.91 Å². The summed E-state index contributed by atoms with van der Waals surface area (Å²) in [5.74, 6) is -2.11. The number of alkyl carbamates (subject to hydrolysis) is 1. The van der Waals surface area contributed by atoms with Gasteiger partial charge in [0, 0.05) is 20.0 Å². The van der Waals surface area contributed by atoms with E-state index >= 15 is 0 Å². The van der Waals surface area contributed by atoms with Crippen molar-refractivity contribution >= 4 is 23.8 Å². The van der Waals surface area contributed by atoms with Crippen LogP contribution >= 0.6 is 0 Å². The van der Waals surface area contributed by atoms with Crippen LogP contribution in [0.4, 0.5) is 4.79 Å². The first-order valence-electron chi connectivity index (χ1n) is 10.5. The molecule has 0 saturated carbocycles. The van der Waals surface area contributed by atoms with Crippen LogP contribution in [0, 0.1) is 0 Å². The average Bonchev–Trinajstić information content (AvgIpc) is 3.12. The standard InChI is InChI=1S/C24H27N3O6/c1-27(2)23(31)21(11-22(29)30)25-12-15(28)13-26-24(32)33-14-20-18-9-5-3-7-16(18)17-8-4-6-10-19(17)20/h3-10,20-21,25H,11-14H2,1-2H3,(H,26,32)(H,29,30). The number of carboxylic acid groups (broad SMARTS) is 1. The number of hydrogen-bond acceptors (Lipinski definition) is 6. The van der Waals surface area contributed by atoms with Gasteiger partial charge in [0.1, 0.15) is 6.61 Å². The molecule has 2 amide bonds. The number of nitrogens with one attached hydrogen (secondary N) is 2. The van der Waals surface area contributed by atoms with Gasteiger partial charge < -0.3 is 20.1 Å². The fourth-order valence-electron chi connectivity index (χ4n) is 3.85. The smallest absolute Gasteiger partial charge is 0.407 e. The number of carbonyl (C=O) groups is 4. The zero-order chi connectivity index (χ0) is 24.0. The van der Waals surface area contributed by atoms with Crippen molar-refractivity contribution in [2.75, 3.05) is 33.8 Å². The normalized spacial score (nSPS) is 12.9. The lowest BCUT2D eigenvalue weighted by molar-refractivity contribution is -0.142. The second kappa shape index (κ2) is 10.7. The predicted octanol–water partition coefficient (Wildman–Crippen LogP) is 1.62. The molecule has 0 heterocycles. The van der Waals surface area contributed by atoms with Gasteiger partial charge in [-0.15, -0.1) is 0 Å². The van der Waals surface area contributed by atoms with E-state index in [9.17, 15) is 19.2 Å². The van der Waals surface area contributed by atoms with E-state index in [-0.39, 0.29) is 25.6 Å². The maximum absolute atomic E-state index is 12.2. The number of fused-ring (bicyclic) bond motifs is 3. The molecule has 1 aliphatic carbocycles. The Morgan fingerprint density at radius 1 is 0.970 bits per heavy atom. The Balaban J connectivity index is 1.48. The van der Waals surface area contributed by atoms with Crippen LogP contribution in [0.5, 0.6) is 0 Å². The van der Waals surface area contributed by atoms with Crippen LogP contribution < -0.4 is 10.6 Å². The van der Waals surface area contributed by atoms with Crippen molar-refractivity contribution in [1.29, 1.82) is 0 Å². The van der Waals surface area contributed by atoms with Gasteiger partial charge in [-0.3, -0.25) is 19.7 Å². The minimum absolute atomic E-state index is 0.0886. The van der Waals surface area contributed by atoms with Crippen LogP contribution in [-0.4, -0.2) is 73.6 Å². The lowest BCUT2D eigenvalue weighted by Crippen LogP contribution is -2.47. The van der Waals surface area contributed by atoms with Gasteiger partial charge in [0.05, 0.1) is 25.6 Å². The molecule has 3 N–H and O–H groups in total. The third kappa shape index (κ3) is 5.95. The van der Waals surface area contributed by atoms with E-state index in [4.69, 9.17) is 9.84 Å². The number of Topliss-reactive ketones (excluding diaryl/α,β-unsaturated/α-hetero) is 1. The highest BCUT2D eigenvalue weighted by Crippen LogP contribution is 2.44. The quantitative estimate of drug-likeness (QED) is 0.499. The van der Waals surface area contributed by atoms with E-state index in [1.807, 2.05) is 48.5 Å². The highest BCUT2D eigenvalue weighted by Gasteiger charge is 2.29. The maximum Gasteiger partial charge on any atom is 0.407 e.